The molecule has 0 saturated heterocycles. The van der Waals surface area contributed by atoms with E-state index in [4.69, 9.17) is 12.2 Å². The first-order valence-corrected chi connectivity index (χ1v) is 12.2. The van der Waals surface area contributed by atoms with Gasteiger partial charge in [-0.15, -0.1) is 0 Å². The summed E-state index contributed by atoms with van der Waals surface area (Å²) in [6.07, 6.45) is 6.92. The average molecular weight is 448 g/mol. The van der Waals surface area contributed by atoms with E-state index in [1.807, 2.05) is 18.2 Å². The Morgan fingerprint density at radius 3 is 2.59 bits per heavy atom. The first-order chi connectivity index (χ1) is 15.5. The minimum atomic E-state index is -0.0264. The monoisotopic (exact) mass is 447 g/mol. The summed E-state index contributed by atoms with van der Waals surface area (Å²) in [6.45, 7) is 4.81. The number of nitrogens with zero attached hydrogens (tertiary/aromatic N) is 1. The van der Waals surface area contributed by atoms with Crippen LogP contribution in [0.25, 0.3) is 10.9 Å². The van der Waals surface area contributed by atoms with Crippen molar-refractivity contribution < 1.29 is 0 Å². The van der Waals surface area contributed by atoms with E-state index in [2.05, 4.69) is 65.4 Å². The Kier molecular flexibility index (Phi) is 7.26. The van der Waals surface area contributed by atoms with Crippen LogP contribution in [-0.4, -0.2) is 21.0 Å². The molecule has 1 aromatic heterocycles. The summed E-state index contributed by atoms with van der Waals surface area (Å²) in [5, 5.41) is 5.35. The van der Waals surface area contributed by atoms with Gasteiger partial charge in [-0.1, -0.05) is 62.6 Å². The zero-order valence-electron chi connectivity index (χ0n) is 19.1. The number of benzene rings is 2. The van der Waals surface area contributed by atoms with Crippen LogP contribution in [0.15, 0.2) is 59.4 Å². The molecule has 1 aliphatic rings. The molecule has 0 radical (unpaired) electrons. The van der Waals surface area contributed by atoms with E-state index >= 15 is 0 Å². The smallest absolute Gasteiger partial charge is 0.253 e. The number of nitrogens with one attached hydrogen (secondary N) is 2. The first-order valence-electron chi connectivity index (χ1n) is 11.8. The van der Waals surface area contributed by atoms with E-state index in [9.17, 15) is 4.79 Å². The number of hydrogen-bond donors (Lipinski definition) is 2. The van der Waals surface area contributed by atoms with Crippen LogP contribution >= 0.6 is 12.2 Å². The second kappa shape index (κ2) is 10.3. The fourth-order valence-corrected chi connectivity index (χ4v) is 5.07. The predicted molar refractivity (Wildman–Crippen MR) is 137 cm³/mol. The van der Waals surface area contributed by atoms with Crippen LogP contribution in [0.5, 0.6) is 0 Å². The van der Waals surface area contributed by atoms with Gasteiger partial charge in [0.05, 0.1) is 12.6 Å². The van der Waals surface area contributed by atoms with Crippen molar-refractivity contribution in [2.24, 2.45) is 0 Å². The minimum absolute atomic E-state index is 0.0264. The number of aryl methyl sites for hydroxylation is 1. The van der Waals surface area contributed by atoms with Crippen molar-refractivity contribution in [3.05, 3.63) is 81.6 Å². The number of aromatic nitrogens is 1. The molecular weight excluding hydrogens is 414 g/mol. The summed E-state index contributed by atoms with van der Waals surface area (Å²) in [5.74, 6) is 0. The molecule has 32 heavy (non-hydrogen) atoms. The summed E-state index contributed by atoms with van der Waals surface area (Å²) in [4.78, 5) is 18.3. The maximum atomic E-state index is 12.9. The molecule has 0 bridgehead atoms. The van der Waals surface area contributed by atoms with Crippen LogP contribution in [0.3, 0.4) is 0 Å². The Labute approximate surface area is 196 Å². The molecule has 168 valence electrons. The van der Waals surface area contributed by atoms with Gasteiger partial charge in [-0.3, -0.25) is 4.79 Å². The summed E-state index contributed by atoms with van der Waals surface area (Å²) in [6, 6.07) is 19.1. The number of pyridine rings is 1. The molecular formula is C27H33N3OS. The quantitative estimate of drug-likeness (QED) is 0.465. The fraction of sp³-hybridized carbons (Fsp3) is 0.407. The molecule has 1 saturated carbocycles. The van der Waals surface area contributed by atoms with Crippen LogP contribution in [0.4, 0.5) is 0 Å². The fourth-order valence-electron chi connectivity index (χ4n) is 4.67. The van der Waals surface area contributed by atoms with Crippen molar-refractivity contribution >= 4 is 28.2 Å². The molecule has 2 N–H and O–H groups in total. The number of fused-ring (bicyclic) bond motifs is 1. The van der Waals surface area contributed by atoms with E-state index < -0.39 is 0 Å². The third-order valence-electron chi connectivity index (χ3n) is 6.65. The van der Waals surface area contributed by atoms with Gasteiger partial charge in [0.1, 0.15) is 0 Å². The van der Waals surface area contributed by atoms with Gasteiger partial charge in [0, 0.05) is 17.1 Å². The van der Waals surface area contributed by atoms with Gasteiger partial charge in [0.25, 0.3) is 5.56 Å². The lowest BCUT2D eigenvalue weighted by molar-refractivity contribution is 0.233. The number of rotatable bonds is 6. The zero-order valence-corrected chi connectivity index (χ0v) is 19.9. The third kappa shape index (κ3) is 5.21. The van der Waals surface area contributed by atoms with Gasteiger partial charge in [-0.05, 0) is 73.1 Å². The van der Waals surface area contributed by atoms with Crippen molar-refractivity contribution in [2.45, 2.75) is 71.0 Å². The van der Waals surface area contributed by atoms with Crippen LogP contribution in [0.1, 0.15) is 68.7 Å². The van der Waals surface area contributed by atoms with Gasteiger partial charge in [0.15, 0.2) is 5.11 Å². The third-order valence-corrected chi connectivity index (χ3v) is 7.00. The second-order valence-corrected chi connectivity index (χ2v) is 9.29. The molecule has 4 rings (SSSR count). The topological polar surface area (TPSA) is 48.1 Å². The largest absolute Gasteiger partial charge is 0.356 e. The van der Waals surface area contributed by atoms with Crippen molar-refractivity contribution in [2.75, 3.05) is 0 Å². The van der Waals surface area contributed by atoms with Gasteiger partial charge < -0.3 is 15.2 Å². The zero-order chi connectivity index (χ0) is 22.5. The van der Waals surface area contributed by atoms with Crippen molar-refractivity contribution in [3.63, 3.8) is 0 Å². The van der Waals surface area contributed by atoms with E-state index in [1.54, 1.807) is 0 Å². The molecule has 1 aliphatic carbocycles. The van der Waals surface area contributed by atoms with Gasteiger partial charge in [-0.2, -0.15) is 0 Å². The summed E-state index contributed by atoms with van der Waals surface area (Å²) in [7, 11) is 0. The SMILES string of the molecule is CCc1ccc2[nH]c(=O)c(CN(C(=S)NC(C)c3ccccc3)C3CCCCC3)cc2c1. The van der Waals surface area contributed by atoms with Crippen LogP contribution in [0, 0.1) is 0 Å². The number of aromatic amines is 1. The van der Waals surface area contributed by atoms with Crippen molar-refractivity contribution in [1.82, 2.24) is 15.2 Å². The second-order valence-electron chi connectivity index (χ2n) is 8.90. The predicted octanol–water partition coefficient (Wildman–Crippen LogP) is 5.86. The Morgan fingerprint density at radius 1 is 1.12 bits per heavy atom. The lowest BCUT2D eigenvalue weighted by Crippen LogP contribution is -2.47. The molecule has 2 aromatic carbocycles. The number of hydrogen-bond acceptors (Lipinski definition) is 2. The van der Waals surface area contributed by atoms with E-state index in [0.29, 0.717) is 12.6 Å². The van der Waals surface area contributed by atoms with E-state index in [1.165, 1.54) is 30.4 Å². The molecule has 1 heterocycles. The molecule has 1 unspecified atom stereocenters. The highest BCUT2D eigenvalue weighted by molar-refractivity contribution is 7.80. The number of H-pyrrole nitrogens is 1. The van der Waals surface area contributed by atoms with Crippen LogP contribution in [-0.2, 0) is 13.0 Å². The average Bonchev–Trinajstić information content (AvgIpc) is 2.83. The Hall–Kier alpha value is -2.66. The minimum Gasteiger partial charge on any atom is -0.356 e. The summed E-state index contributed by atoms with van der Waals surface area (Å²) in [5.41, 5.74) is 4.11. The maximum Gasteiger partial charge on any atom is 0.253 e. The molecule has 0 aliphatic heterocycles. The molecule has 4 nitrogen and oxygen atoms in total. The number of thiocarbonyl (C=S) groups is 1. The highest BCUT2D eigenvalue weighted by Gasteiger charge is 2.25. The summed E-state index contributed by atoms with van der Waals surface area (Å²) < 4.78 is 0. The van der Waals surface area contributed by atoms with Gasteiger partial charge in [-0.25, -0.2) is 0 Å². The normalized spacial score (nSPS) is 15.4. The Balaban J connectivity index is 1.61. The highest BCUT2D eigenvalue weighted by atomic mass is 32.1. The van der Waals surface area contributed by atoms with E-state index in [0.717, 1.165) is 40.8 Å². The van der Waals surface area contributed by atoms with Crippen molar-refractivity contribution in [3.8, 4) is 0 Å². The Morgan fingerprint density at radius 2 is 1.88 bits per heavy atom. The lowest BCUT2D eigenvalue weighted by Gasteiger charge is -2.37. The van der Waals surface area contributed by atoms with Gasteiger partial charge >= 0.3 is 0 Å². The van der Waals surface area contributed by atoms with Gasteiger partial charge in [0.2, 0.25) is 0 Å². The molecule has 1 fully saturated rings. The maximum absolute atomic E-state index is 12.9. The highest BCUT2D eigenvalue weighted by Crippen LogP contribution is 2.25. The molecule has 1 atom stereocenters. The first kappa shape index (κ1) is 22.5. The summed E-state index contributed by atoms with van der Waals surface area (Å²) >= 11 is 5.91. The molecule has 0 spiro atoms. The van der Waals surface area contributed by atoms with Crippen LogP contribution in [0.2, 0.25) is 0 Å². The molecule has 0 amide bonds. The molecule has 5 heteroatoms. The lowest BCUT2D eigenvalue weighted by atomic mass is 9.94. The standard InChI is InChI=1S/C27H33N3OS/c1-3-20-14-15-25-22(16-20)17-23(26(31)29-25)18-30(24-12-8-5-9-13-24)27(32)28-19(2)21-10-6-4-7-11-21/h4,6-7,10-11,14-17,19,24H,3,5,8-9,12-13,18H2,1-2H3,(H,28,32)(H,29,31). The van der Waals surface area contributed by atoms with E-state index in [-0.39, 0.29) is 11.6 Å². The Bertz CT molecular complexity index is 1120. The molecule has 3 aromatic rings. The van der Waals surface area contributed by atoms with Crippen molar-refractivity contribution in [1.29, 1.82) is 0 Å². The van der Waals surface area contributed by atoms with Crippen LogP contribution < -0.4 is 10.9 Å².